The van der Waals surface area contributed by atoms with Crippen LogP contribution in [0.1, 0.15) is 19.3 Å². The zero-order valence-electron chi connectivity index (χ0n) is 8.70. The number of hydrogen-bond acceptors (Lipinski definition) is 3. The number of nitrogens with zero attached hydrogens (tertiary/aromatic N) is 1. The number of hydrogen-bond donors (Lipinski definition) is 1. The summed E-state index contributed by atoms with van der Waals surface area (Å²) in [4.78, 5) is 1.95. The Morgan fingerprint density at radius 3 is 2.81 bits per heavy atom. The molecule has 16 heavy (non-hydrogen) atoms. The molecule has 0 aliphatic carbocycles. The monoisotopic (exact) mass is 285 g/mol. The maximum Gasteiger partial charge on any atom is 0.229 e. The van der Waals surface area contributed by atoms with Gasteiger partial charge in [-0.05, 0) is 19.3 Å². The van der Waals surface area contributed by atoms with Crippen LogP contribution in [-0.2, 0) is 4.74 Å². The molecule has 0 radical (unpaired) electrons. The minimum absolute atomic E-state index is 0.462. The van der Waals surface area contributed by atoms with Gasteiger partial charge in [0.15, 0.2) is 12.5 Å². The fourth-order valence-corrected chi connectivity index (χ4v) is 3.19. The molecule has 3 nitrogen and oxygen atoms in total. The molecule has 2 aliphatic rings. The van der Waals surface area contributed by atoms with Crippen molar-refractivity contribution in [3.8, 4) is 0 Å². The number of rotatable bonds is 2. The topological polar surface area (TPSA) is 32.7 Å². The number of ether oxygens (including phenoxy) is 1. The molecule has 0 spiro atoms. The lowest BCUT2D eigenvalue weighted by atomic mass is 9.92. The molecule has 2 rings (SSSR count). The van der Waals surface area contributed by atoms with Gasteiger partial charge in [-0.1, -0.05) is 40.9 Å². The van der Waals surface area contributed by atoms with Gasteiger partial charge in [-0.25, -0.2) is 0 Å². The van der Waals surface area contributed by atoms with E-state index in [0.717, 1.165) is 19.4 Å². The van der Waals surface area contributed by atoms with Crippen molar-refractivity contribution in [3.63, 3.8) is 0 Å². The molecule has 2 fully saturated rings. The van der Waals surface area contributed by atoms with Crippen LogP contribution in [-0.4, -0.2) is 38.4 Å². The van der Waals surface area contributed by atoms with Crippen molar-refractivity contribution < 1.29 is 9.84 Å². The molecule has 1 N–H and O–H groups in total. The molecule has 2 heterocycles. The quantitative estimate of drug-likeness (QED) is 0.625. The minimum atomic E-state index is -1.55. The highest BCUT2D eigenvalue weighted by molar-refractivity contribution is 6.68. The van der Waals surface area contributed by atoms with E-state index in [-0.39, 0.29) is 0 Å². The Balaban J connectivity index is 2.29. The first-order valence-electron chi connectivity index (χ1n) is 5.20. The molecule has 2 aliphatic heterocycles. The van der Waals surface area contributed by atoms with Crippen LogP contribution in [0, 0.1) is 0 Å². The van der Waals surface area contributed by atoms with Crippen molar-refractivity contribution in [2.75, 3.05) is 6.54 Å². The third-order valence-corrected chi connectivity index (χ3v) is 3.92. The van der Waals surface area contributed by atoms with Crippen LogP contribution in [0.15, 0.2) is 12.7 Å². The lowest BCUT2D eigenvalue weighted by Crippen LogP contribution is -2.49. The van der Waals surface area contributed by atoms with E-state index in [2.05, 4.69) is 6.58 Å². The molecule has 0 amide bonds. The Morgan fingerprint density at radius 1 is 1.56 bits per heavy atom. The molecule has 92 valence electrons. The minimum Gasteiger partial charge on any atom is -0.366 e. The van der Waals surface area contributed by atoms with Crippen molar-refractivity contribution in [1.82, 2.24) is 4.90 Å². The normalized spacial score (nSPS) is 40.0. The first-order valence-corrected chi connectivity index (χ1v) is 6.33. The van der Waals surface area contributed by atoms with Crippen molar-refractivity contribution in [2.24, 2.45) is 0 Å². The molecule has 2 saturated heterocycles. The summed E-state index contributed by atoms with van der Waals surface area (Å²) >= 11 is 17.6. The summed E-state index contributed by atoms with van der Waals surface area (Å²) in [5.41, 5.74) is -0.462. The van der Waals surface area contributed by atoms with Gasteiger partial charge in [-0.15, -0.1) is 6.58 Å². The summed E-state index contributed by atoms with van der Waals surface area (Å²) in [6.45, 7) is 4.48. The van der Waals surface area contributed by atoms with Crippen LogP contribution >= 0.6 is 34.8 Å². The average molecular weight is 287 g/mol. The smallest absolute Gasteiger partial charge is 0.229 e. The van der Waals surface area contributed by atoms with Crippen molar-refractivity contribution in [2.45, 2.75) is 41.1 Å². The van der Waals surface area contributed by atoms with E-state index in [1.54, 1.807) is 6.08 Å². The van der Waals surface area contributed by atoms with Gasteiger partial charge in [0, 0.05) is 6.54 Å². The van der Waals surface area contributed by atoms with Gasteiger partial charge in [-0.3, -0.25) is 4.90 Å². The highest BCUT2D eigenvalue weighted by atomic mass is 35.6. The second-order valence-corrected chi connectivity index (χ2v) is 6.64. The second kappa shape index (κ2) is 4.30. The molecule has 0 aromatic rings. The SMILES string of the molecule is C=CCC12CCCN1C(C(Cl)(Cl)Cl)OC2O. The predicted molar refractivity (Wildman–Crippen MR) is 64.7 cm³/mol. The zero-order valence-corrected chi connectivity index (χ0v) is 11.0. The van der Waals surface area contributed by atoms with Crippen LogP contribution < -0.4 is 0 Å². The Labute approximate surface area is 110 Å². The number of alkyl halides is 3. The molecule has 0 aromatic heterocycles. The highest BCUT2D eigenvalue weighted by Gasteiger charge is 2.60. The lowest BCUT2D eigenvalue weighted by Gasteiger charge is -2.34. The van der Waals surface area contributed by atoms with E-state index in [4.69, 9.17) is 39.5 Å². The summed E-state index contributed by atoms with van der Waals surface area (Å²) in [5.74, 6) is 0. The van der Waals surface area contributed by atoms with E-state index in [1.165, 1.54) is 0 Å². The van der Waals surface area contributed by atoms with Crippen molar-refractivity contribution >= 4 is 34.8 Å². The van der Waals surface area contributed by atoms with Gasteiger partial charge in [0.1, 0.15) is 0 Å². The van der Waals surface area contributed by atoms with E-state index < -0.39 is 21.8 Å². The summed E-state index contributed by atoms with van der Waals surface area (Å²) in [6, 6.07) is 0. The van der Waals surface area contributed by atoms with Crippen LogP contribution in [0.25, 0.3) is 0 Å². The van der Waals surface area contributed by atoms with E-state index in [9.17, 15) is 5.11 Å². The first kappa shape index (κ1) is 12.9. The molecule has 0 saturated carbocycles. The molecule has 3 atom stereocenters. The van der Waals surface area contributed by atoms with Gasteiger partial charge in [0.05, 0.1) is 5.54 Å². The molecule has 6 heteroatoms. The summed E-state index contributed by atoms with van der Waals surface area (Å²) in [6.07, 6.45) is 2.59. The van der Waals surface area contributed by atoms with E-state index >= 15 is 0 Å². The fraction of sp³-hybridized carbons (Fsp3) is 0.800. The van der Waals surface area contributed by atoms with E-state index in [1.807, 2.05) is 4.90 Å². The van der Waals surface area contributed by atoms with Crippen LogP contribution in [0.4, 0.5) is 0 Å². The van der Waals surface area contributed by atoms with Gasteiger partial charge >= 0.3 is 0 Å². The summed E-state index contributed by atoms with van der Waals surface area (Å²) in [7, 11) is 0. The standard InChI is InChI=1S/C10H14Cl3NO2/c1-2-4-9-5-3-6-14(9)7(10(11,12)13)16-8(9)15/h2,7-8,15H,1,3-6H2. The van der Waals surface area contributed by atoms with Crippen LogP contribution in [0.3, 0.4) is 0 Å². The van der Waals surface area contributed by atoms with Crippen LogP contribution in [0.2, 0.25) is 0 Å². The number of fused-ring (bicyclic) bond motifs is 1. The molecule has 3 unspecified atom stereocenters. The van der Waals surface area contributed by atoms with Gasteiger partial charge in [0.2, 0.25) is 3.79 Å². The van der Waals surface area contributed by atoms with Crippen molar-refractivity contribution in [1.29, 1.82) is 0 Å². The Kier molecular flexibility index (Phi) is 3.48. The Bertz CT molecular complexity index is 294. The van der Waals surface area contributed by atoms with Crippen molar-refractivity contribution in [3.05, 3.63) is 12.7 Å². The van der Waals surface area contributed by atoms with Crippen LogP contribution in [0.5, 0.6) is 0 Å². The maximum atomic E-state index is 10.0. The predicted octanol–water partition coefficient (Wildman–Crippen LogP) is 2.44. The Morgan fingerprint density at radius 2 is 2.25 bits per heavy atom. The third-order valence-electron chi connectivity index (χ3n) is 3.36. The molecule has 0 aromatic carbocycles. The third kappa shape index (κ3) is 1.88. The van der Waals surface area contributed by atoms with Gasteiger partial charge < -0.3 is 9.84 Å². The summed E-state index contributed by atoms with van der Waals surface area (Å²) < 4.78 is 3.84. The number of aliphatic hydroxyl groups excluding tert-OH is 1. The molecule has 0 bridgehead atoms. The first-order chi connectivity index (χ1) is 7.42. The molecular weight excluding hydrogens is 272 g/mol. The van der Waals surface area contributed by atoms with Gasteiger partial charge in [0.25, 0.3) is 0 Å². The maximum absolute atomic E-state index is 10.0. The fourth-order valence-electron chi connectivity index (χ4n) is 2.68. The van der Waals surface area contributed by atoms with Gasteiger partial charge in [-0.2, -0.15) is 0 Å². The largest absolute Gasteiger partial charge is 0.366 e. The number of aliphatic hydroxyl groups is 1. The molecular formula is C10H14Cl3NO2. The Hall–Kier alpha value is 0.490. The van der Waals surface area contributed by atoms with E-state index in [0.29, 0.717) is 6.42 Å². The summed E-state index contributed by atoms with van der Waals surface area (Å²) in [5, 5.41) is 10.0. The second-order valence-electron chi connectivity index (χ2n) is 4.28. The average Bonchev–Trinajstić information content (AvgIpc) is 2.66. The lowest BCUT2D eigenvalue weighted by molar-refractivity contribution is -0.115. The highest BCUT2D eigenvalue weighted by Crippen LogP contribution is 2.49. The zero-order chi connectivity index (χ0) is 12.0. The number of halogens is 3.